The highest BCUT2D eigenvalue weighted by Gasteiger charge is 2.41. The zero-order valence-electron chi connectivity index (χ0n) is 30.5. The fourth-order valence-electron chi connectivity index (χ4n) is 7.37. The molecule has 1 aromatic carbocycles. The number of hydrogen-bond donors (Lipinski definition) is 0. The van der Waals surface area contributed by atoms with Crippen molar-refractivity contribution in [2.24, 2.45) is 0 Å². The fourth-order valence-corrected chi connectivity index (χ4v) is 9.01. The molecule has 1 saturated heterocycles. The van der Waals surface area contributed by atoms with Gasteiger partial charge in [-0.05, 0) is 112 Å². The van der Waals surface area contributed by atoms with Gasteiger partial charge in [-0.15, -0.1) is 0 Å². The van der Waals surface area contributed by atoms with Gasteiger partial charge < -0.3 is 19.3 Å². The maximum Gasteiger partial charge on any atom is 0.410 e. The molecule has 12 heteroatoms. The molecular formula is C40H45N5O6S. The number of fused-ring (bicyclic) bond motifs is 2. The second-order valence-electron chi connectivity index (χ2n) is 15.3. The first-order chi connectivity index (χ1) is 24.6. The molecule has 1 unspecified atom stereocenters. The van der Waals surface area contributed by atoms with Crippen molar-refractivity contribution in [3.8, 4) is 11.1 Å². The van der Waals surface area contributed by atoms with Gasteiger partial charge in [-0.1, -0.05) is 24.3 Å². The van der Waals surface area contributed by atoms with Crippen molar-refractivity contribution in [3.63, 3.8) is 0 Å². The number of carbonyl (C=O) groups excluding carboxylic acids is 2. The average molecular weight is 724 g/mol. The molecule has 2 aliphatic heterocycles. The highest BCUT2D eigenvalue weighted by Crippen LogP contribution is 2.41. The Hall–Kier alpha value is -4.81. The SMILES string of the molecule is CN(C)C(=O)c1ccc(C2=CC=CC(C)(S(=O)(=O)n3ccc4cc(-c5cc6c(c([C@@H]7CCCN7C(=O)OC(C)(C)C)c5)COCC6)cnc43)C2)nc1. The molecule has 3 aromatic heterocycles. The lowest BCUT2D eigenvalue weighted by Gasteiger charge is -2.31. The molecule has 3 aliphatic rings. The molecule has 272 valence electrons. The Morgan fingerprint density at radius 1 is 1.06 bits per heavy atom. The zero-order valence-corrected chi connectivity index (χ0v) is 31.4. The van der Waals surface area contributed by atoms with Crippen LogP contribution in [0.1, 0.15) is 85.7 Å². The van der Waals surface area contributed by atoms with Crippen LogP contribution in [0.5, 0.6) is 0 Å². The lowest BCUT2D eigenvalue weighted by atomic mass is 9.88. The number of aromatic nitrogens is 3. The molecule has 0 bridgehead atoms. The van der Waals surface area contributed by atoms with E-state index in [1.165, 1.54) is 20.6 Å². The maximum absolute atomic E-state index is 14.4. The maximum atomic E-state index is 14.4. The Morgan fingerprint density at radius 3 is 2.60 bits per heavy atom. The summed E-state index contributed by atoms with van der Waals surface area (Å²) in [5.41, 5.74) is 6.76. The number of amides is 2. The Balaban J connectivity index is 1.19. The third-order valence-corrected chi connectivity index (χ3v) is 12.4. The smallest absolute Gasteiger partial charge is 0.410 e. The largest absolute Gasteiger partial charge is 0.444 e. The molecule has 0 radical (unpaired) electrons. The van der Waals surface area contributed by atoms with Crippen LogP contribution in [0.3, 0.4) is 0 Å². The number of ether oxygens (including phenoxy) is 2. The number of allylic oxidation sites excluding steroid dienone is 3. The second kappa shape index (κ2) is 13.3. The first-order valence-corrected chi connectivity index (χ1v) is 19.1. The van der Waals surface area contributed by atoms with Crippen LogP contribution >= 0.6 is 0 Å². The minimum Gasteiger partial charge on any atom is -0.444 e. The van der Waals surface area contributed by atoms with Crippen molar-refractivity contribution in [2.75, 3.05) is 27.2 Å². The monoisotopic (exact) mass is 723 g/mol. The Bertz CT molecular complexity index is 2230. The van der Waals surface area contributed by atoms with E-state index in [4.69, 9.17) is 14.5 Å². The highest BCUT2D eigenvalue weighted by molar-refractivity contribution is 7.91. The summed E-state index contributed by atoms with van der Waals surface area (Å²) in [4.78, 5) is 38.2. The van der Waals surface area contributed by atoms with Crippen LogP contribution < -0.4 is 0 Å². The number of likely N-dealkylation sites (tertiary alicyclic amines) is 1. The van der Waals surface area contributed by atoms with Crippen LogP contribution in [0.15, 0.2) is 73.2 Å². The summed E-state index contributed by atoms with van der Waals surface area (Å²) >= 11 is 0. The molecule has 2 amide bonds. The third kappa shape index (κ3) is 6.54. The van der Waals surface area contributed by atoms with Crippen LogP contribution in [0, 0.1) is 0 Å². The van der Waals surface area contributed by atoms with Gasteiger partial charge in [-0.25, -0.2) is 22.2 Å². The summed E-state index contributed by atoms with van der Waals surface area (Å²) in [5.74, 6) is -0.153. The average Bonchev–Trinajstić information content (AvgIpc) is 3.78. The zero-order chi connectivity index (χ0) is 37.0. The normalized spacial score (nSPS) is 20.5. The van der Waals surface area contributed by atoms with Gasteiger partial charge in [0.2, 0.25) is 10.0 Å². The first-order valence-electron chi connectivity index (χ1n) is 17.7. The minimum absolute atomic E-state index is 0.134. The molecular weight excluding hydrogens is 679 g/mol. The molecule has 5 heterocycles. The van der Waals surface area contributed by atoms with Gasteiger partial charge in [0.15, 0.2) is 5.65 Å². The molecule has 0 spiro atoms. The van der Waals surface area contributed by atoms with E-state index in [2.05, 4.69) is 17.1 Å². The van der Waals surface area contributed by atoms with Crippen molar-refractivity contribution in [3.05, 3.63) is 101 Å². The van der Waals surface area contributed by atoms with Crippen molar-refractivity contribution in [1.29, 1.82) is 0 Å². The van der Waals surface area contributed by atoms with Crippen LogP contribution in [0.4, 0.5) is 4.79 Å². The number of rotatable bonds is 6. The molecule has 0 saturated carbocycles. The summed E-state index contributed by atoms with van der Waals surface area (Å²) in [6.45, 7) is 9.08. The number of benzene rings is 1. The number of pyridine rings is 2. The van der Waals surface area contributed by atoms with Crippen molar-refractivity contribution in [2.45, 2.75) is 76.4 Å². The van der Waals surface area contributed by atoms with E-state index in [0.29, 0.717) is 42.0 Å². The van der Waals surface area contributed by atoms with Gasteiger partial charge in [-0.2, -0.15) is 0 Å². The minimum atomic E-state index is -3.98. The Kier molecular flexibility index (Phi) is 9.11. The van der Waals surface area contributed by atoms with E-state index in [1.54, 1.807) is 63.8 Å². The van der Waals surface area contributed by atoms with Crippen molar-refractivity contribution >= 4 is 38.6 Å². The van der Waals surface area contributed by atoms with Gasteiger partial charge in [0.25, 0.3) is 5.91 Å². The lowest BCUT2D eigenvalue weighted by molar-refractivity contribution is 0.0221. The summed E-state index contributed by atoms with van der Waals surface area (Å²) in [6.07, 6.45) is 12.5. The van der Waals surface area contributed by atoms with E-state index in [1.807, 2.05) is 37.8 Å². The third-order valence-electron chi connectivity index (χ3n) is 10.1. The summed E-state index contributed by atoms with van der Waals surface area (Å²) < 4.78 is 40.4. The summed E-state index contributed by atoms with van der Waals surface area (Å²) in [7, 11) is -0.616. The number of hydrogen-bond acceptors (Lipinski definition) is 8. The van der Waals surface area contributed by atoms with Crippen molar-refractivity contribution in [1.82, 2.24) is 23.7 Å². The Labute approximate surface area is 305 Å². The van der Waals surface area contributed by atoms with Gasteiger partial charge in [0, 0.05) is 50.2 Å². The van der Waals surface area contributed by atoms with E-state index in [0.717, 1.165) is 47.1 Å². The summed E-state index contributed by atoms with van der Waals surface area (Å²) in [6, 6.07) is 11.4. The second-order valence-corrected chi connectivity index (χ2v) is 17.5. The Morgan fingerprint density at radius 2 is 1.87 bits per heavy atom. The summed E-state index contributed by atoms with van der Waals surface area (Å²) in [5, 5.41) is 0.696. The van der Waals surface area contributed by atoms with Gasteiger partial charge >= 0.3 is 6.09 Å². The number of carbonyl (C=O) groups is 2. The lowest BCUT2D eigenvalue weighted by Crippen LogP contribution is -2.38. The van der Waals surface area contributed by atoms with E-state index in [9.17, 15) is 18.0 Å². The molecule has 52 heavy (non-hydrogen) atoms. The number of nitrogens with zero attached hydrogens (tertiary/aromatic N) is 5. The molecule has 0 N–H and O–H groups in total. The molecule has 7 rings (SSSR count). The van der Waals surface area contributed by atoms with E-state index in [-0.39, 0.29) is 24.5 Å². The predicted octanol–water partition coefficient (Wildman–Crippen LogP) is 6.92. The standard InChI is InChI=1S/C40H45N5O6S/c1-39(2,3)51-38(47)44-16-8-10-35(44)32-21-30(19-26-14-18-50-25-33(26)32)31-20-27-13-17-45(36(27)42-24-31)52(48,49)40(4)15-7-9-28(22-40)34-12-11-29(23-41-34)37(46)43(5)6/h7,9,11-13,15,17,19-21,23-24,35H,8,10,14,16,18,22,25H2,1-6H3/t35-,40?/m0/s1. The molecule has 2 atom stereocenters. The first kappa shape index (κ1) is 35.6. The topological polar surface area (TPSA) is 124 Å². The predicted molar refractivity (Wildman–Crippen MR) is 200 cm³/mol. The van der Waals surface area contributed by atoms with Crippen LogP contribution in [0.25, 0.3) is 27.7 Å². The quantitative estimate of drug-likeness (QED) is 0.210. The van der Waals surface area contributed by atoms with Crippen LogP contribution in [-0.4, -0.2) is 81.8 Å². The highest BCUT2D eigenvalue weighted by atomic mass is 32.2. The van der Waals surface area contributed by atoms with Gasteiger partial charge in [0.1, 0.15) is 10.3 Å². The molecule has 1 fully saturated rings. The fraction of sp³-hybridized carbons (Fsp3) is 0.400. The van der Waals surface area contributed by atoms with E-state index < -0.39 is 20.4 Å². The van der Waals surface area contributed by atoms with Gasteiger partial charge in [0.05, 0.1) is 30.5 Å². The molecule has 1 aliphatic carbocycles. The molecule has 11 nitrogen and oxygen atoms in total. The van der Waals surface area contributed by atoms with Gasteiger partial charge in [-0.3, -0.25) is 9.78 Å². The molecule has 4 aromatic rings. The van der Waals surface area contributed by atoms with Crippen LogP contribution in [-0.2, 0) is 32.5 Å². The van der Waals surface area contributed by atoms with Crippen LogP contribution in [0.2, 0.25) is 0 Å². The van der Waals surface area contributed by atoms with Crippen molar-refractivity contribution < 1.29 is 27.5 Å². The van der Waals surface area contributed by atoms with E-state index >= 15 is 0 Å².